The third-order valence-corrected chi connectivity index (χ3v) is 8.76. The van der Waals surface area contributed by atoms with E-state index >= 15 is 0 Å². The second kappa shape index (κ2) is 8.55. The molecule has 0 fully saturated rings. The molecule has 0 saturated carbocycles. The Balaban J connectivity index is 1.40. The van der Waals surface area contributed by atoms with Crippen LogP contribution in [0.3, 0.4) is 0 Å². The van der Waals surface area contributed by atoms with Crippen LogP contribution in [-0.4, -0.2) is 4.98 Å². The van der Waals surface area contributed by atoms with Gasteiger partial charge in [0, 0.05) is 21.7 Å². The van der Waals surface area contributed by atoms with Crippen molar-refractivity contribution in [3.63, 3.8) is 0 Å². The van der Waals surface area contributed by atoms with Crippen molar-refractivity contribution in [2.24, 2.45) is 0 Å². The Kier molecular flexibility index (Phi) is 4.67. The number of H-pyrrole nitrogens is 1. The number of aromatic amines is 1. The van der Waals surface area contributed by atoms with Gasteiger partial charge < -0.3 is 4.98 Å². The van der Waals surface area contributed by atoms with Crippen LogP contribution in [0.25, 0.3) is 87.1 Å². The zero-order valence-corrected chi connectivity index (χ0v) is 22.4. The Hall–Kier alpha value is -5.40. The van der Waals surface area contributed by atoms with E-state index in [0.29, 0.717) is 0 Å². The zero-order valence-electron chi connectivity index (χ0n) is 22.4. The first-order chi connectivity index (χ1) is 20.4. The molecule has 1 nitrogen and oxygen atoms in total. The first-order valence-electron chi connectivity index (χ1n) is 14.2. The van der Waals surface area contributed by atoms with Crippen molar-refractivity contribution < 1.29 is 0 Å². The van der Waals surface area contributed by atoms with Gasteiger partial charge in [0.05, 0.1) is 5.52 Å². The standard InChI is InChI=1S/C40H25N/c1-2-12-25(13-3-1)37-30-17-7-9-19-32(30)38(33-20-10-8-18-31(33)37)26-22-23-35-36(24-26)41-40-34-21-11-5-15-28(34)27-14-4-6-16-29(27)39(35)40/h1-24,41H. The molecule has 9 rings (SSSR count). The van der Waals surface area contributed by atoms with E-state index in [1.54, 1.807) is 0 Å². The summed E-state index contributed by atoms with van der Waals surface area (Å²) in [4.78, 5) is 3.86. The van der Waals surface area contributed by atoms with Gasteiger partial charge in [-0.15, -0.1) is 0 Å². The van der Waals surface area contributed by atoms with Crippen molar-refractivity contribution >= 4 is 64.9 Å². The highest BCUT2D eigenvalue weighted by atomic mass is 14.7. The average molecular weight is 520 g/mol. The molecule has 1 aromatic heterocycles. The van der Waals surface area contributed by atoms with E-state index in [4.69, 9.17) is 0 Å². The molecule has 41 heavy (non-hydrogen) atoms. The molecule has 0 bridgehead atoms. The third kappa shape index (κ3) is 3.18. The van der Waals surface area contributed by atoms with Crippen molar-refractivity contribution in [3.05, 3.63) is 146 Å². The number of benzene rings is 8. The molecule has 8 aromatic carbocycles. The van der Waals surface area contributed by atoms with Gasteiger partial charge in [-0.25, -0.2) is 0 Å². The van der Waals surface area contributed by atoms with Crippen LogP contribution in [0.4, 0.5) is 0 Å². The molecule has 190 valence electrons. The van der Waals surface area contributed by atoms with Crippen LogP contribution in [0, 0.1) is 0 Å². The largest absolute Gasteiger partial charge is 0.354 e. The minimum absolute atomic E-state index is 1.17. The molecule has 0 amide bonds. The monoisotopic (exact) mass is 519 g/mol. The molecule has 0 saturated heterocycles. The van der Waals surface area contributed by atoms with E-state index in [9.17, 15) is 0 Å². The maximum atomic E-state index is 3.86. The van der Waals surface area contributed by atoms with Gasteiger partial charge in [0.25, 0.3) is 0 Å². The van der Waals surface area contributed by atoms with Gasteiger partial charge in [-0.3, -0.25) is 0 Å². The Morgan fingerprint density at radius 1 is 0.317 bits per heavy atom. The van der Waals surface area contributed by atoms with Crippen molar-refractivity contribution in [1.82, 2.24) is 4.98 Å². The van der Waals surface area contributed by atoms with Crippen molar-refractivity contribution in [2.75, 3.05) is 0 Å². The smallest absolute Gasteiger partial charge is 0.0551 e. The molecule has 1 heterocycles. The fourth-order valence-electron chi connectivity index (χ4n) is 7.06. The summed E-state index contributed by atoms with van der Waals surface area (Å²) in [6, 6.07) is 53.1. The quantitative estimate of drug-likeness (QED) is 0.173. The number of hydrogen-bond acceptors (Lipinski definition) is 0. The van der Waals surface area contributed by atoms with E-state index in [-0.39, 0.29) is 0 Å². The molecule has 0 aliphatic carbocycles. The third-order valence-electron chi connectivity index (χ3n) is 8.76. The van der Waals surface area contributed by atoms with Crippen LogP contribution in [-0.2, 0) is 0 Å². The summed E-state index contributed by atoms with van der Waals surface area (Å²) in [5.74, 6) is 0. The molecule has 0 atom stereocenters. The highest BCUT2D eigenvalue weighted by Crippen LogP contribution is 2.45. The first-order valence-corrected chi connectivity index (χ1v) is 14.2. The van der Waals surface area contributed by atoms with Crippen LogP contribution in [0.15, 0.2) is 146 Å². The van der Waals surface area contributed by atoms with Gasteiger partial charge in [0.2, 0.25) is 0 Å². The lowest BCUT2D eigenvalue weighted by molar-refractivity contribution is 1.56. The normalized spacial score (nSPS) is 11.9. The van der Waals surface area contributed by atoms with Crippen LogP contribution in [0.5, 0.6) is 0 Å². The van der Waals surface area contributed by atoms with E-state index in [2.05, 4.69) is 151 Å². The second-order valence-corrected chi connectivity index (χ2v) is 10.9. The van der Waals surface area contributed by atoms with Crippen molar-refractivity contribution in [2.45, 2.75) is 0 Å². The highest BCUT2D eigenvalue weighted by Gasteiger charge is 2.18. The first kappa shape index (κ1) is 22.4. The van der Waals surface area contributed by atoms with E-state index in [1.807, 2.05) is 0 Å². The summed E-state index contributed by atoms with van der Waals surface area (Å²) in [6.07, 6.45) is 0. The Morgan fingerprint density at radius 3 is 1.39 bits per heavy atom. The molecule has 0 radical (unpaired) electrons. The number of nitrogens with one attached hydrogen (secondary N) is 1. The van der Waals surface area contributed by atoms with E-state index in [0.717, 1.165) is 0 Å². The van der Waals surface area contributed by atoms with Gasteiger partial charge in [0.1, 0.15) is 0 Å². The lowest BCUT2D eigenvalue weighted by Gasteiger charge is -2.17. The van der Waals surface area contributed by atoms with Crippen molar-refractivity contribution in [1.29, 1.82) is 0 Å². The van der Waals surface area contributed by atoms with Gasteiger partial charge in [0.15, 0.2) is 0 Å². The van der Waals surface area contributed by atoms with E-state index in [1.165, 1.54) is 87.1 Å². The van der Waals surface area contributed by atoms with Gasteiger partial charge in [-0.1, -0.05) is 140 Å². The number of hydrogen-bond donors (Lipinski definition) is 1. The summed E-state index contributed by atoms with van der Waals surface area (Å²) < 4.78 is 0. The summed E-state index contributed by atoms with van der Waals surface area (Å²) in [6.45, 7) is 0. The maximum Gasteiger partial charge on any atom is 0.0551 e. The predicted molar refractivity (Wildman–Crippen MR) is 177 cm³/mol. The van der Waals surface area contributed by atoms with Gasteiger partial charge in [-0.05, 0) is 66.0 Å². The molecule has 1 N–H and O–H groups in total. The number of rotatable bonds is 2. The fourth-order valence-corrected chi connectivity index (χ4v) is 7.06. The molecule has 0 aliphatic heterocycles. The molecule has 1 heteroatoms. The predicted octanol–water partition coefficient (Wildman–Crippen LogP) is 11.3. The van der Waals surface area contributed by atoms with Crippen LogP contribution in [0.1, 0.15) is 0 Å². The summed E-state index contributed by atoms with van der Waals surface area (Å²) in [5, 5.41) is 12.8. The SMILES string of the molecule is c1ccc(-c2c3ccccc3c(-c3ccc4c(c3)[nH]c3c5ccccc5c5ccccc5c43)c3ccccc23)cc1. The van der Waals surface area contributed by atoms with Crippen LogP contribution >= 0.6 is 0 Å². The van der Waals surface area contributed by atoms with Gasteiger partial charge >= 0.3 is 0 Å². The average Bonchev–Trinajstić information content (AvgIpc) is 3.43. The maximum absolute atomic E-state index is 3.86. The minimum atomic E-state index is 1.17. The van der Waals surface area contributed by atoms with Crippen LogP contribution < -0.4 is 0 Å². The molecular weight excluding hydrogens is 494 g/mol. The lowest BCUT2D eigenvalue weighted by Crippen LogP contribution is -1.90. The topological polar surface area (TPSA) is 15.8 Å². The zero-order chi connectivity index (χ0) is 26.9. The molecule has 0 aliphatic rings. The van der Waals surface area contributed by atoms with E-state index < -0.39 is 0 Å². The Labute approximate surface area is 237 Å². The molecule has 0 unspecified atom stereocenters. The molecular formula is C40H25N. The highest BCUT2D eigenvalue weighted by molar-refractivity contribution is 6.31. The Bertz CT molecular complexity index is 2410. The number of fused-ring (bicyclic) bond motifs is 10. The Morgan fingerprint density at radius 2 is 0.780 bits per heavy atom. The fraction of sp³-hybridized carbons (Fsp3) is 0. The molecule has 9 aromatic rings. The van der Waals surface area contributed by atoms with Gasteiger partial charge in [-0.2, -0.15) is 0 Å². The molecule has 0 spiro atoms. The van der Waals surface area contributed by atoms with Crippen LogP contribution in [0.2, 0.25) is 0 Å². The number of aromatic nitrogens is 1. The van der Waals surface area contributed by atoms with Crippen molar-refractivity contribution in [3.8, 4) is 22.3 Å². The summed E-state index contributed by atoms with van der Waals surface area (Å²) in [5.41, 5.74) is 7.43. The summed E-state index contributed by atoms with van der Waals surface area (Å²) in [7, 11) is 0. The minimum Gasteiger partial charge on any atom is -0.354 e. The summed E-state index contributed by atoms with van der Waals surface area (Å²) >= 11 is 0. The second-order valence-electron chi connectivity index (χ2n) is 10.9. The lowest BCUT2D eigenvalue weighted by atomic mass is 9.86.